The summed E-state index contributed by atoms with van der Waals surface area (Å²) in [5, 5.41) is 0.497. The molecule has 0 unspecified atom stereocenters. The molecule has 29 heavy (non-hydrogen) atoms. The van der Waals surface area contributed by atoms with Gasteiger partial charge in [-0.1, -0.05) is 23.7 Å². The SMILES string of the molecule is O=C1c2ccccc2C(=O)N1c1ccc(Oc2ccc(Cl)cc2)cc1S(=O)(=O)O. The van der Waals surface area contributed by atoms with Crippen molar-refractivity contribution in [3.8, 4) is 11.5 Å². The molecule has 1 aliphatic heterocycles. The molecule has 146 valence electrons. The second-order valence-electron chi connectivity index (χ2n) is 6.15. The number of benzene rings is 3. The van der Waals surface area contributed by atoms with Crippen LogP contribution in [-0.4, -0.2) is 24.8 Å². The number of fused-ring (bicyclic) bond motifs is 1. The molecule has 0 fully saturated rings. The summed E-state index contributed by atoms with van der Waals surface area (Å²) >= 11 is 5.82. The molecule has 7 nitrogen and oxygen atoms in total. The van der Waals surface area contributed by atoms with Crippen molar-refractivity contribution in [3.63, 3.8) is 0 Å². The molecule has 1 aliphatic rings. The van der Waals surface area contributed by atoms with Gasteiger partial charge >= 0.3 is 0 Å². The van der Waals surface area contributed by atoms with E-state index in [-0.39, 0.29) is 22.6 Å². The molecule has 1 heterocycles. The molecule has 0 bridgehead atoms. The maximum absolute atomic E-state index is 12.7. The average Bonchev–Trinajstić information content (AvgIpc) is 2.94. The standard InChI is InChI=1S/C20H12ClNO6S/c21-12-5-7-13(8-6-12)28-14-9-10-17(18(11-14)29(25,26)27)22-19(23)15-3-1-2-4-16(15)20(22)24/h1-11H,(H,25,26,27). The number of hydrogen-bond acceptors (Lipinski definition) is 5. The molecular weight excluding hydrogens is 418 g/mol. The van der Waals surface area contributed by atoms with Crippen molar-refractivity contribution in [2.45, 2.75) is 4.90 Å². The fraction of sp³-hybridized carbons (Fsp3) is 0. The number of nitrogens with zero attached hydrogens (tertiary/aromatic N) is 1. The van der Waals surface area contributed by atoms with Crippen molar-refractivity contribution in [1.82, 2.24) is 0 Å². The van der Waals surface area contributed by atoms with Gasteiger partial charge in [-0.3, -0.25) is 14.1 Å². The minimum absolute atomic E-state index is 0.0836. The van der Waals surface area contributed by atoms with Gasteiger partial charge in [0.25, 0.3) is 21.9 Å². The lowest BCUT2D eigenvalue weighted by Crippen LogP contribution is -2.30. The van der Waals surface area contributed by atoms with Gasteiger partial charge in [-0.05, 0) is 48.5 Å². The number of amides is 2. The van der Waals surface area contributed by atoms with E-state index < -0.39 is 26.8 Å². The van der Waals surface area contributed by atoms with Crippen LogP contribution in [0.15, 0.2) is 71.6 Å². The summed E-state index contributed by atoms with van der Waals surface area (Å²) < 4.78 is 39.2. The molecule has 0 aliphatic carbocycles. The molecule has 0 aromatic heterocycles. The monoisotopic (exact) mass is 429 g/mol. The van der Waals surface area contributed by atoms with Gasteiger partial charge in [-0.2, -0.15) is 8.42 Å². The average molecular weight is 430 g/mol. The zero-order valence-electron chi connectivity index (χ0n) is 14.6. The Hall–Kier alpha value is -3.20. The smallest absolute Gasteiger partial charge is 0.296 e. The van der Waals surface area contributed by atoms with Gasteiger partial charge in [0, 0.05) is 11.1 Å². The molecule has 3 aromatic carbocycles. The molecule has 0 spiro atoms. The van der Waals surface area contributed by atoms with Crippen LogP contribution < -0.4 is 9.64 Å². The van der Waals surface area contributed by atoms with E-state index in [4.69, 9.17) is 16.3 Å². The number of carbonyl (C=O) groups excluding carboxylic acids is 2. The van der Waals surface area contributed by atoms with Crippen LogP contribution in [0.1, 0.15) is 20.7 Å². The van der Waals surface area contributed by atoms with Gasteiger partial charge in [0.05, 0.1) is 16.8 Å². The minimum Gasteiger partial charge on any atom is -0.457 e. The van der Waals surface area contributed by atoms with E-state index in [1.807, 2.05) is 0 Å². The third-order valence-electron chi connectivity index (χ3n) is 4.29. The van der Waals surface area contributed by atoms with Gasteiger partial charge in [0.15, 0.2) is 0 Å². The van der Waals surface area contributed by atoms with Crippen LogP contribution in [0.5, 0.6) is 11.5 Å². The Morgan fingerprint density at radius 2 is 1.38 bits per heavy atom. The van der Waals surface area contributed by atoms with Crippen LogP contribution in [0.2, 0.25) is 5.02 Å². The first-order chi connectivity index (χ1) is 13.8. The predicted octanol–water partition coefficient (Wildman–Crippen LogP) is 4.18. The van der Waals surface area contributed by atoms with Gasteiger partial charge in [0.2, 0.25) is 0 Å². The van der Waals surface area contributed by atoms with Crippen LogP contribution in [-0.2, 0) is 10.1 Å². The Morgan fingerprint density at radius 1 is 0.828 bits per heavy atom. The van der Waals surface area contributed by atoms with Crippen LogP contribution in [0, 0.1) is 0 Å². The molecule has 1 N–H and O–H groups in total. The van der Waals surface area contributed by atoms with Gasteiger partial charge < -0.3 is 4.74 Å². The van der Waals surface area contributed by atoms with Crippen molar-refractivity contribution >= 4 is 39.2 Å². The first kappa shape index (κ1) is 19.1. The van der Waals surface area contributed by atoms with Crippen molar-refractivity contribution in [1.29, 1.82) is 0 Å². The highest BCUT2D eigenvalue weighted by molar-refractivity contribution is 7.86. The maximum atomic E-state index is 12.7. The number of carbonyl (C=O) groups is 2. The number of ether oxygens (including phenoxy) is 1. The fourth-order valence-electron chi connectivity index (χ4n) is 3.00. The lowest BCUT2D eigenvalue weighted by molar-refractivity contribution is 0.0925. The normalized spacial score (nSPS) is 13.5. The maximum Gasteiger partial charge on any atom is 0.296 e. The number of halogens is 1. The molecule has 9 heteroatoms. The Kier molecular flexibility index (Phi) is 4.62. The van der Waals surface area contributed by atoms with Crippen molar-refractivity contribution in [2.75, 3.05) is 4.90 Å². The van der Waals surface area contributed by atoms with E-state index in [0.29, 0.717) is 10.8 Å². The molecule has 0 saturated heterocycles. The summed E-state index contributed by atoms with van der Waals surface area (Å²) in [5.74, 6) is -0.895. The Bertz CT molecular complexity index is 1220. The summed E-state index contributed by atoms with van der Waals surface area (Å²) in [6.45, 7) is 0. The Labute approximate surface area is 170 Å². The zero-order chi connectivity index (χ0) is 20.8. The van der Waals surface area contributed by atoms with Gasteiger partial charge in [-0.15, -0.1) is 0 Å². The van der Waals surface area contributed by atoms with Crippen LogP contribution in [0.3, 0.4) is 0 Å². The topological polar surface area (TPSA) is 101 Å². The van der Waals surface area contributed by atoms with E-state index in [1.54, 1.807) is 36.4 Å². The van der Waals surface area contributed by atoms with E-state index in [0.717, 1.165) is 11.0 Å². The number of imide groups is 1. The van der Waals surface area contributed by atoms with Crippen LogP contribution >= 0.6 is 11.6 Å². The quantitative estimate of drug-likeness (QED) is 0.493. The summed E-state index contributed by atoms with van der Waals surface area (Å²) in [4.78, 5) is 25.5. The first-order valence-corrected chi connectivity index (χ1v) is 10.1. The molecule has 0 radical (unpaired) electrons. The third-order valence-corrected chi connectivity index (χ3v) is 5.43. The van der Waals surface area contributed by atoms with E-state index in [2.05, 4.69) is 0 Å². The molecule has 2 amide bonds. The third kappa shape index (κ3) is 3.49. The molecule has 0 saturated carbocycles. The number of anilines is 1. The Balaban J connectivity index is 1.78. The molecular formula is C20H12ClNO6S. The fourth-order valence-corrected chi connectivity index (χ4v) is 3.81. The summed E-state index contributed by atoms with van der Waals surface area (Å²) in [7, 11) is -4.77. The zero-order valence-corrected chi connectivity index (χ0v) is 16.1. The number of rotatable bonds is 4. The first-order valence-electron chi connectivity index (χ1n) is 8.28. The summed E-state index contributed by atoms with van der Waals surface area (Å²) in [5.41, 5.74) is 0.0442. The largest absolute Gasteiger partial charge is 0.457 e. The number of hydrogen-bond donors (Lipinski definition) is 1. The highest BCUT2D eigenvalue weighted by Crippen LogP contribution is 2.36. The van der Waals surface area contributed by atoms with Crippen LogP contribution in [0.4, 0.5) is 5.69 Å². The second-order valence-corrected chi connectivity index (χ2v) is 7.98. The Morgan fingerprint density at radius 3 is 1.93 bits per heavy atom. The van der Waals surface area contributed by atoms with E-state index in [9.17, 15) is 22.6 Å². The van der Waals surface area contributed by atoms with E-state index >= 15 is 0 Å². The highest BCUT2D eigenvalue weighted by atomic mass is 35.5. The molecule has 4 rings (SSSR count). The molecule has 3 aromatic rings. The van der Waals surface area contributed by atoms with E-state index in [1.165, 1.54) is 24.3 Å². The minimum atomic E-state index is -4.77. The van der Waals surface area contributed by atoms with Crippen molar-refractivity contribution < 1.29 is 27.3 Å². The molecule has 0 atom stereocenters. The van der Waals surface area contributed by atoms with Crippen molar-refractivity contribution in [2.24, 2.45) is 0 Å². The van der Waals surface area contributed by atoms with Crippen LogP contribution in [0.25, 0.3) is 0 Å². The summed E-state index contributed by atoms with van der Waals surface area (Å²) in [6.07, 6.45) is 0. The summed E-state index contributed by atoms with van der Waals surface area (Å²) in [6, 6.07) is 16.1. The second kappa shape index (κ2) is 7.00. The van der Waals surface area contributed by atoms with Gasteiger partial charge in [0.1, 0.15) is 16.4 Å². The predicted molar refractivity (Wildman–Crippen MR) is 105 cm³/mol. The van der Waals surface area contributed by atoms with Gasteiger partial charge in [-0.25, -0.2) is 4.90 Å². The lowest BCUT2D eigenvalue weighted by Gasteiger charge is -2.18. The lowest BCUT2D eigenvalue weighted by atomic mass is 10.1. The highest BCUT2D eigenvalue weighted by Gasteiger charge is 2.39. The van der Waals surface area contributed by atoms with Crippen molar-refractivity contribution in [3.05, 3.63) is 82.9 Å².